The molecule has 1 aromatic rings. The van der Waals surface area contributed by atoms with Gasteiger partial charge in [0.2, 0.25) is 5.91 Å². The van der Waals surface area contributed by atoms with Gasteiger partial charge in [-0.05, 0) is 36.8 Å². The van der Waals surface area contributed by atoms with Gasteiger partial charge in [0, 0.05) is 6.42 Å². The van der Waals surface area contributed by atoms with Crippen LogP contribution in [0.15, 0.2) is 30.3 Å². The third-order valence-corrected chi connectivity index (χ3v) is 4.29. The van der Waals surface area contributed by atoms with Crippen LogP contribution in [0.25, 0.3) is 0 Å². The summed E-state index contributed by atoms with van der Waals surface area (Å²) in [5, 5.41) is 12.4. The molecule has 1 aliphatic carbocycles. The first-order chi connectivity index (χ1) is 9.67. The van der Waals surface area contributed by atoms with E-state index in [1.807, 2.05) is 30.3 Å². The van der Waals surface area contributed by atoms with Crippen molar-refractivity contribution in [3.05, 3.63) is 35.9 Å². The highest BCUT2D eigenvalue weighted by atomic mass is 16.3. The third kappa shape index (κ3) is 3.81. The SMILES string of the molecule is NCC1(CC(=O)N[C@H](CO)Cc2ccccc2)CCC1. The lowest BCUT2D eigenvalue weighted by atomic mass is 9.66. The number of hydrogen-bond donors (Lipinski definition) is 3. The van der Waals surface area contributed by atoms with Crippen LogP contribution in [0.5, 0.6) is 0 Å². The van der Waals surface area contributed by atoms with Crippen molar-refractivity contribution >= 4 is 5.91 Å². The van der Waals surface area contributed by atoms with E-state index in [-0.39, 0.29) is 24.0 Å². The lowest BCUT2D eigenvalue weighted by Crippen LogP contribution is -2.45. The summed E-state index contributed by atoms with van der Waals surface area (Å²) in [7, 11) is 0. The quantitative estimate of drug-likeness (QED) is 0.701. The van der Waals surface area contributed by atoms with E-state index < -0.39 is 0 Å². The molecule has 0 aromatic heterocycles. The number of benzene rings is 1. The van der Waals surface area contributed by atoms with Gasteiger partial charge in [0.15, 0.2) is 0 Å². The minimum Gasteiger partial charge on any atom is -0.394 e. The first-order valence-electron chi connectivity index (χ1n) is 7.32. The molecule has 0 spiro atoms. The van der Waals surface area contributed by atoms with Gasteiger partial charge >= 0.3 is 0 Å². The second-order valence-corrected chi connectivity index (χ2v) is 5.87. The van der Waals surface area contributed by atoms with Gasteiger partial charge in [-0.1, -0.05) is 36.8 Å². The molecule has 20 heavy (non-hydrogen) atoms. The number of carbonyl (C=O) groups is 1. The summed E-state index contributed by atoms with van der Waals surface area (Å²) in [6.07, 6.45) is 4.38. The van der Waals surface area contributed by atoms with E-state index in [1.165, 1.54) is 0 Å². The fraction of sp³-hybridized carbons (Fsp3) is 0.562. The van der Waals surface area contributed by atoms with Gasteiger partial charge in [-0.25, -0.2) is 0 Å². The molecule has 2 rings (SSSR count). The Hall–Kier alpha value is -1.39. The maximum atomic E-state index is 12.1. The van der Waals surface area contributed by atoms with Crippen molar-refractivity contribution in [3.8, 4) is 0 Å². The summed E-state index contributed by atoms with van der Waals surface area (Å²) in [6.45, 7) is 0.527. The molecule has 1 aromatic carbocycles. The number of nitrogens with one attached hydrogen (secondary N) is 1. The number of aliphatic hydroxyl groups is 1. The highest BCUT2D eigenvalue weighted by Crippen LogP contribution is 2.42. The molecule has 0 bridgehead atoms. The zero-order valence-electron chi connectivity index (χ0n) is 11.8. The highest BCUT2D eigenvalue weighted by Gasteiger charge is 2.37. The van der Waals surface area contributed by atoms with Crippen molar-refractivity contribution < 1.29 is 9.90 Å². The Morgan fingerprint density at radius 3 is 2.55 bits per heavy atom. The maximum Gasteiger partial charge on any atom is 0.220 e. The van der Waals surface area contributed by atoms with Gasteiger partial charge < -0.3 is 16.2 Å². The number of carbonyl (C=O) groups excluding carboxylic acids is 1. The summed E-state index contributed by atoms with van der Waals surface area (Å²) in [5.41, 5.74) is 6.90. The number of hydrogen-bond acceptors (Lipinski definition) is 3. The van der Waals surface area contributed by atoms with E-state index in [4.69, 9.17) is 5.73 Å². The summed E-state index contributed by atoms with van der Waals surface area (Å²) in [4.78, 5) is 12.1. The molecule has 1 saturated carbocycles. The van der Waals surface area contributed by atoms with E-state index >= 15 is 0 Å². The molecular formula is C16H24N2O2. The number of aliphatic hydroxyl groups excluding tert-OH is 1. The van der Waals surface area contributed by atoms with Crippen LogP contribution in [0.3, 0.4) is 0 Å². The zero-order chi connectivity index (χ0) is 14.4. The molecule has 0 heterocycles. The Labute approximate surface area is 120 Å². The number of rotatable bonds is 7. The van der Waals surface area contributed by atoms with E-state index in [0.717, 1.165) is 24.8 Å². The van der Waals surface area contributed by atoms with E-state index in [0.29, 0.717) is 19.4 Å². The zero-order valence-corrected chi connectivity index (χ0v) is 11.8. The van der Waals surface area contributed by atoms with Crippen molar-refractivity contribution in [1.29, 1.82) is 0 Å². The molecule has 0 aliphatic heterocycles. The minimum atomic E-state index is -0.222. The summed E-state index contributed by atoms with van der Waals surface area (Å²) in [5.74, 6) is 0.00475. The Bertz CT molecular complexity index is 424. The largest absolute Gasteiger partial charge is 0.394 e. The van der Waals surface area contributed by atoms with Crippen LogP contribution in [0, 0.1) is 5.41 Å². The van der Waals surface area contributed by atoms with Crippen LogP contribution in [0.4, 0.5) is 0 Å². The molecule has 0 saturated heterocycles. The fourth-order valence-electron chi connectivity index (χ4n) is 2.81. The van der Waals surface area contributed by atoms with Gasteiger partial charge in [-0.3, -0.25) is 4.79 Å². The molecule has 1 aliphatic rings. The van der Waals surface area contributed by atoms with Crippen LogP contribution in [0.1, 0.15) is 31.2 Å². The maximum absolute atomic E-state index is 12.1. The van der Waals surface area contributed by atoms with Crippen molar-refractivity contribution in [2.75, 3.05) is 13.2 Å². The molecule has 4 nitrogen and oxygen atoms in total. The van der Waals surface area contributed by atoms with Crippen molar-refractivity contribution in [2.24, 2.45) is 11.1 Å². The molecule has 0 radical (unpaired) electrons. The second kappa shape index (κ2) is 6.86. The predicted molar refractivity (Wildman–Crippen MR) is 79.1 cm³/mol. The van der Waals surface area contributed by atoms with Crippen LogP contribution < -0.4 is 11.1 Å². The topological polar surface area (TPSA) is 75.4 Å². The Morgan fingerprint density at radius 2 is 2.05 bits per heavy atom. The molecule has 4 N–H and O–H groups in total. The Balaban J connectivity index is 1.85. The first kappa shape index (κ1) is 15.0. The Kier molecular flexibility index (Phi) is 5.15. The molecular weight excluding hydrogens is 252 g/mol. The first-order valence-corrected chi connectivity index (χ1v) is 7.32. The average Bonchev–Trinajstić information content (AvgIpc) is 2.43. The van der Waals surface area contributed by atoms with Gasteiger partial charge in [0.25, 0.3) is 0 Å². The highest BCUT2D eigenvalue weighted by molar-refractivity contribution is 5.77. The van der Waals surface area contributed by atoms with E-state index in [1.54, 1.807) is 0 Å². The van der Waals surface area contributed by atoms with Crippen LogP contribution in [0.2, 0.25) is 0 Å². The normalized spacial score (nSPS) is 18.1. The van der Waals surface area contributed by atoms with Crippen LogP contribution >= 0.6 is 0 Å². The molecule has 110 valence electrons. The van der Waals surface area contributed by atoms with E-state index in [2.05, 4.69) is 5.32 Å². The lowest BCUT2D eigenvalue weighted by Gasteiger charge is -2.40. The predicted octanol–water partition coefficient (Wildman–Crippen LogP) is 1.23. The average molecular weight is 276 g/mol. The van der Waals surface area contributed by atoms with Gasteiger partial charge in [-0.15, -0.1) is 0 Å². The second-order valence-electron chi connectivity index (χ2n) is 5.87. The molecule has 1 atom stereocenters. The van der Waals surface area contributed by atoms with Gasteiger partial charge in [0.05, 0.1) is 12.6 Å². The summed E-state index contributed by atoms with van der Waals surface area (Å²) in [6, 6.07) is 9.66. The van der Waals surface area contributed by atoms with Crippen LogP contribution in [-0.2, 0) is 11.2 Å². The monoisotopic (exact) mass is 276 g/mol. The van der Waals surface area contributed by atoms with E-state index in [9.17, 15) is 9.90 Å². The van der Waals surface area contributed by atoms with Crippen molar-refractivity contribution in [2.45, 2.75) is 38.1 Å². The molecule has 0 unspecified atom stereocenters. The fourth-order valence-corrected chi connectivity index (χ4v) is 2.81. The number of amides is 1. The standard InChI is InChI=1S/C16H24N2O2/c17-12-16(7-4-8-16)10-15(20)18-14(11-19)9-13-5-2-1-3-6-13/h1-3,5-6,14,19H,4,7-12,17H2,(H,18,20)/t14-/m0/s1. The van der Waals surface area contributed by atoms with Gasteiger partial charge in [-0.2, -0.15) is 0 Å². The molecule has 1 amide bonds. The van der Waals surface area contributed by atoms with Gasteiger partial charge in [0.1, 0.15) is 0 Å². The third-order valence-electron chi connectivity index (χ3n) is 4.29. The lowest BCUT2D eigenvalue weighted by molar-refractivity contribution is -0.125. The summed E-state index contributed by atoms with van der Waals surface area (Å²) >= 11 is 0. The minimum absolute atomic E-state index is 0.00475. The summed E-state index contributed by atoms with van der Waals surface area (Å²) < 4.78 is 0. The number of nitrogens with two attached hydrogens (primary N) is 1. The van der Waals surface area contributed by atoms with Crippen molar-refractivity contribution in [3.63, 3.8) is 0 Å². The van der Waals surface area contributed by atoms with Crippen molar-refractivity contribution in [1.82, 2.24) is 5.32 Å². The Morgan fingerprint density at radius 1 is 1.35 bits per heavy atom. The van der Waals surface area contributed by atoms with Crippen LogP contribution in [-0.4, -0.2) is 30.2 Å². The smallest absolute Gasteiger partial charge is 0.220 e. The molecule has 1 fully saturated rings. The molecule has 4 heteroatoms.